The van der Waals surface area contributed by atoms with Gasteiger partial charge >= 0.3 is 6.18 Å². The Hall–Kier alpha value is -2.62. The summed E-state index contributed by atoms with van der Waals surface area (Å²) in [6.45, 7) is 5.55. The molecule has 1 aliphatic carbocycles. The van der Waals surface area contributed by atoms with Crippen molar-refractivity contribution in [3.63, 3.8) is 0 Å². The number of fused-ring (bicyclic) bond motifs is 1. The van der Waals surface area contributed by atoms with Gasteiger partial charge in [0.15, 0.2) is 0 Å². The Labute approximate surface area is 190 Å². The van der Waals surface area contributed by atoms with E-state index in [1.54, 1.807) is 0 Å². The number of carbonyl (C=O) groups is 1. The van der Waals surface area contributed by atoms with Crippen molar-refractivity contribution >= 4 is 11.9 Å². The van der Waals surface area contributed by atoms with E-state index in [4.69, 9.17) is 0 Å². The minimum atomic E-state index is -4.61. The van der Waals surface area contributed by atoms with Crippen LogP contribution in [0.3, 0.4) is 0 Å². The van der Waals surface area contributed by atoms with E-state index in [1.165, 1.54) is 6.20 Å². The van der Waals surface area contributed by atoms with Crippen LogP contribution in [0.15, 0.2) is 12.4 Å². The lowest BCUT2D eigenvalue weighted by atomic mass is 9.91. The molecular formula is C23H29F3N6O. The first-order chi connectivity index (χ1) is 15.6. The van der Waals surface area contributed by atoms with E-state index in [1.807, 2.05) is 4.90 Å². The van der Waals surface area contributed by atoms with Crippen molar-refractivity contribution in [1.29, 1.82) is 0 Å². The van der Waals surface area contributed by atoms with E-state index < -0.39 is 11.7 Å². The van der Waals surface area contributed by atoms with Crippen molar-refractivity contribution in [2.24, 2.45) is 0 Å². The standard InChI is InChI=1S/C23H29F3N6O/c1-22(2)8-7-13(10-29-22)30-21-28-12-17(23(24,25)26)18(31-21)16-11-27-19-15(16)4-3-9-32(20(19)33)14-5-6-14/h11-14,27,29H,3-10H2,1-2H3,(H,28,30,31)/t13-/m0/s1. The lowest BCUT2D eigenvalue weighted by Gasteiger charge is -2.36. The molecule has 1 saturated heterocycles. The van der Waals surface area contributed by atoms with Gasteiger partial charge < -0.3 is 20.5 Å². The second-order valence-electron chi connectivity index (χ2n) is 9.99. The van der Waals surface area contributed by atoms with Gasteiger partial charge in [-0.15, -0.1) is 0 Å². The number of anilines is 1. The molecule has 0 spiro atoms. The number of carbonyl (C=O) groups excluding carboxylic acids is 1. The van der Waals surface area contributed by atoms with E-state index in [-0.39, 0.29) is 35.2 Å². The number of amides is 1. The quantitative estimate of drug-likeness (QED) is 0.640. The third-order valence-electron chi connectivity index (χ3n) is 6.90. The molecule has 0 unspecified atom stereocenters. The molecule has 1 saturated carbocycles. The summed E-state index contributed by atoms with van der Waals surface area (Å²) >= 11 is 0. The van der Waals surface area contributed by atoms with Crippen LogP contribution < -0.4 is 10.6 Å². The van der Waals surface area contributed by atoms with Gasteiger partial charge in [-0.1, -0.05) is 0 Å². The van der Waals surface area contributed by atoms with Gasteiger partial charge in [-0.25, -0.2) is 9.97 Å². The van der Waals surface area contributed by atoms with E-state index in [0.29, 0.717) is 42.8 Å². The Morgan fingerprint density at radius 2 is 2.03 bits per heavy atom. The van der Waals surface area contributed by atoms with E-state index in [0.717, 1.165) is 31.9 Å². The first kappa shape index (κ1) is 22.2. The molecule has 1 atom stereocenters. The lowest BCUT2D eigenvalue weighted by Crippen LogP contribution is -2.50. The fourth-order valence-electron chi connectivity index (χ4n) is 4.82. The predicted molar refractivity (Wildman–Crippen MR) is 118 cm³/mol. The van der Waals surface area contributed by atoms with Crippen molar-refractivity contribution in [2.75, 3.05) is 18.4 Å². The number of aromatic amines is 1. The van der Waals surface area contributed by atoms with Gasteiger partial charge in [0, 0.05) is 48.7 Å². The molecule has 1 amide bonds. The van der Waals surface area contributed by atoms with Gasteiger partial charge in [0.2, 0.25) is 5.95 Å². The fraction of sp³-hybridized carbons (Fsp3) is 0.609. The first-order valence-electron chi connectivity index (χ1n) is 11.6. The van der Waals surface area contributed by atoms with E-state index in [2.05, 4.69) is 39.4 Å². The minimum Gasteiger partial charge on any atom is -0.356 e. The van der Waals surface area contributed by atoms with E-state index in [9.17, 15) is 18.0 Å². The highest BCUT2D eigenvalue weighted by molar-refractivity contribution is 5.97. The molecule has 3 aliphatic rings. The number of hydrogen-bond acceptors (Lipinski definition) is 5. The average molecular weight is 463 g/mol. The number of hydrogen-bond donors (Lipinski definition) is 3. The largest absolute Gasteiger partial charge is 0.419 e. The third-order valence-corrected chi connectivity index (χ3v) is 6.90. The maximum absolute atomic E-state index is 13.9. The first-order valence-corrected chi connectivity index (χ1v) is 11.6. The summed E-state index contributed by atoms with van der Waals surface area (Å²) in [6.07, 6.45) is 2.74. The molecule has 10 heteroatoms. The predicted octanol–water partition coefficient (Wildman–Crippen LogP) is 3.98. The zero-order valence-electron chi connectivity index (χ0n) is 18.9. The molecule has 2 aromatic rings. The topological polar surface area (TPSA) is 85.9 Å². The number of piperidine rings is 1. The molecule has 178 valence electrons. The molecule has 2 aliphatic heterocycles. The highest BCUT2D eigenvalue weighted by Gasteiger charge is 2.39. The van der Waals surface area contributed by atoms with Crippen LogP contribution in [0.5, 0.6) is 0 Å². The van der Waals surface area contributed by atoms with Crippen LogP contribution in [0.25, 0.3) is 11.3 Å². The second kappa shape index (κ2) is 8.00. The number of H-pyrrole nitrogens is 1. The van der Waals surface area contributed by atoms with Gasteiger partial charge in [0.05, 0.1) is 5.69 Å². The van der Waals surface area contributed by atoms with Crippen LogP contribution in [0.1, 0.15) is 67.6 Å². The van der Waals surface area contributed by atoms with Crippen LogP contribution in [0, 0.1) is 0 Å². The molecule has 4 heterocycles. The number of aromatic nitrogens is 3. The minimum absolute atomic E-state index is 0.0274. The highest BCUT2D eigenvalue weighted by atomic mass is 19.4. The van der Waals surface area contributed by atoms with E-state index >= 15 is 0 Å². The smallest absolute Gasteiger partial charge is 0.356 e. The molecule has 33 heavy (non-hydrogen) atoms. The normalized spacial score (nSPS) is 23.2. The summed E-state index contributed by atoms with van der Waals surface area (Å²) in [6, 6.07) is 0.282. The maximum Gasteiger partial charge on any atom is 0.419 e. The Bertz CT molecular complexity index is 1050. The van der Waals surface area contributed by atoms with Crippen LogP contribution in [0.2, 0.25) is 0 Å². The molecule has 2 aromatic heterocycles. The van der Waals surface area contributed by atoms with Gasteiger partial charge in [-0.3, -0.25) is 4.79 Å². The van der Waals surface area contributed by atoms with Crippen molar-refractivity contribution in [3.8, 4) is 11.3 Å². The molecule has 0 radical (unpaired) electrons. The van der Waals surface area contributed by atoms with Crippen molar-refractivity contribution in [1.82, 2.24) is 25.2 Å². The maximum atomic E-state index is 13.9. The number of alkyl halides is 3. The summed E-state index contributed by atoms with van der Waals surface area (Å²) < 4.78 is 41.7. The molecule has 2 fully saturated rings. The summed E-state index contributed by atoms with van der Waals surface area (Å²) in [5.41, 5.74) is 0.279. The molecule has 0 aromatic carbocycles. The van der Waals surface area contributed by atoms with Gasteiger partial charge in [-0.2, -0.15) is 13.2 Å². The monoisotopic (exact) mass is 462 g/mol. The summed E-state index contributed by atoms with van der Waals surface area (Å²) in [7, 11) is 0. The van der Waals surface area contributed by atoms with Gasteiger partial charge in [0.25, 0.3) is 5.91 Å². The summed E-state index contributed by atoms with van der Waals surface area (Å²) in [5.74, 6) is 0.0344. The summed E-state index contributed by atoms with van der Waals surface area (Å²) in [4.78, 5) is 26.2. The Balaban J connectivity index is 1.49. The fourth-order valence-corrected chi connectivity index (χ4v) is 4.82. The van der Waals surface area contributed by atoms with Crippen LogP contribution in [-0.4, -0.2) is 56.5 Å². The van der Waals surface area contributed by atoms with Crippen LogP contribution in [-0.2, 0) is 12.6 Å². The number of nitrogens with one attached hydrogen (secondary N) is 3. The van der Waals surface area contributed by atoms with Crippen LogP contribution >= 0.6 is 0 Å². The third kappa shape index (κ3) is 4.45. The molecule has 5 rings (SSSR count). The molecular weight excluding hydrogens is 433 g/mol. The Morgan fingerprint density at radius 1 is 1.24 bits per heavy atom. The Kier molecular flexibility index (Phi) is 5.38. The zero-order chi connectivity index (χ0) is 23.4. The van der Waals surface area contributed by atoms with Crippen molar-refractivity contribution in [3.05, 3.63) is 29.2 Å². The molecule has 0 bridgehead atoms. The summed E-state index contributed by atoms with van der Waals surface area (Å²) in [5, 5.41) is 6.63. The van der Waals surface area contributed by atoms with Crippen molar-refractivity contribution < 1.29 is 18.0 Å². The van der Waals surface area contributed by atoms with Gasteiger partial charge in [0.1, 0.15) is 11.3 Å². The number of halogens is 3. The van der Waals surface area contributed by atoms with Crippen molar-refractivity contribution in [2.45, 2.75) is 76.2 Å². The van der Waals surface area contributed by atoms with Gasteiger partial charge in [-0.05, 0) is 57.9 Å². The number of rotatable bonds is 4. The van der Waals surface area contributed by atoms with Crippen LogP contribution in [0.4, 0.5) is 19.1 Å². The second-order valence-corrected chi connectivity index (χ2v) is 9.99. The number of nitrogens with zero attached hydrogens (tertiary/aromatic N) is 3. The SMILES string of the molecule is CC1(C)CC[C@H](Nc2ncc(C(F)(F)F)c(-c3c[nH]c4c3CCCN(C3CC3)C4=O)n2)CN1. The average Bonchev–Trinajstić information content (AvgIpc) is 3.52. The zero-order valence-corrected chi connectivity index (χ0v) is 18.9. The molecule has 7 nitrogen and oxygen atoms in total. The molecule has 3 N–H and O–H groups in total. The Morgan fingerprint density at radius 3 is 2.70 bits per heavy atom. The highest BCUT2D eigenvalue weighted by Crippen LogP contribution is 2.40. The lowest BCUT2D eigenvalue weighted by molar-refractivity contribution is -0.137.